The molecule has 156 valence electrons. The number of carbonyl (C=O) groups is 2. The summed E-state index contributed by atoms with van der Waals surface area (Å²) in [5.74, 6) is -3.51. The van der Waals surface area contributed by atoms with Crippen LogP contribution in [-0.2, 0) is 10.9 Å². The molecular formula is C19H17F5N2O3. The monoisotopic (exact) mass is 416 g/mol. The molecule has 0 fully saturated rings. The Morgan fingerprint density at radius 3 is 2.21 bits per heavy atom. The SMILES string of the molecule is CC(C)(C)OC(=O)Nc1c(F)ccc(NC(=O)c2cccc(C(F)(F)F)c2)c1F. The maximum atomic E-state index is 14.6. The van der Waals surface area contributed by atoms with Gasteiger partial charge in [-0.15, -0.1) is 0 Å². The third kappa shape index (κ3) is 5.90. The number of anilines is 2. The van der Waals surface area contributed by atoms with Crippen LogP contribution in [0.2, 0.25) is 0 Å². The summed E-state index contributed by atoms with van der Waals surface area (Å²) in [6.07, 6.45) is -5.79. The van der Waals surface area contributed by atoms with Crippen molar-refractivity contribution in [1.29, 1.82) is 0 Å². The highest BCUT2D eigenvalue weighted by atomic mass is 19.4. The fraction of sp³-hybridized carbons (Fsp3) is 0.263. The first kappa shape index (κ1) is 22.1. The summed E-state index contributed by atoms with van der Waals surface area (Å²) >= 11 is 0. The van der Waals surface area contributed by atoms with E-state index in [1.807, 2.05) is 5.32 Å². The predicted molar refractivity (Wildman–Crippen MR) is 95.6 cm³/mol. The molecule has 2 aromatic carbocycles. The number of rotatable bonds is 3. The third-order valence-corrected chi connectivity index (χ3v) is 3.42. The highest BCUT2D eigenvalue weighted by molar-refractivity contribution is 6.04. The molecule has 2 rings (SSSR count). The summed E-state index contributed by atoms with van der Waals surface area (Å²) in [5.41, 5.74) is -3.78. The van der Waals surface area contributed by atoms with E-state index in [0.717, 1.165) is 30.3 Å². The lowest BCUT2D eigenvalue weighted by Crippen LogP contribution is -2.28. The molecule has 0 atom stereocenters. The van der Waals surface area contributed by atoms with Gasteiger partial charge in [0.15, 0.2) is 5.82 Å². The molecule has 0 aromatic heterocycles. The fourth-order valence-corrected chi connectivity index (χ4v) is 2.20. The molecule has 0 saturated heterocycles. The van der Waals surface area contributed by atoms with Crippen molar-refractivity contribution < 1.29 is 36.3 Å². The maximum Gasteiger partial charge on any atom is 0.416 e. The summed E-state index contributed by atoms with van der Waals surface area (Å²) < 4.78 is 71.7. The number of hydrogen-bond donors (Lipinski definition) is 2. The van der Waals surface area contributed by atoms with Crippen LogP contribution in [0.25, 0.3) is 0 Å². The van der Waals surface area contributed by atoms with Gasteiger partial charge in [0.05, 0.1) is 11.3 Å². The minimum absolute atomic E-state index is 0.384. The third-order valence-electron chi connectivity index (χ3n) is 3.42. The van der Waals surface area contributed by atoms with Crippen LogP contribution in [-0.4, -0.2) is 17.6 Å². The Morgan fingerprint density at radius 1 is 0.966 bits per heavy atom. The Labute approximate surface area is 162 Å². The number of alkyl halides is 3. The van der Waals surface area contributed by atoms with E-state index in [2.05, 4.69) is 5.32 Å². The molecule has 10 heteroatoms. The Hall–Kier alpha value is -3.17. The van der Waals surface area contributed by atoms with Crippen LogP contribution in [0.4, 0.5) is 38.1 Å². The molecule has 2 amide bonds. The smallest absolute Gasteiger partial charge is 0.416 e. The van der Waals surface area contributed by atoms with E-state index >= 15 is 0 Å². The highest BCUT2D eigenvalue weighted by Gasteiger charge is 2.31. The van der Waals surface area contributed by atoms with Crippen LogP contribution in [0.1, 0.15) is 36.7 Å². The normalized spacial score (nSPS) is 11.7. The Bertz CT molecular complexity index is 936. The first-order valence-corrected chi connectivity index (χ1v) is 8.24. The average molecular weight is 416 g/mol. The van der Waals surface area contributed by atoms with E-state index in [1.54, 1.807) is 20.8 Å². The highest BCUT2D eigenvalue weighted by Crippen LogP contribution is 2.30. The lowest BCUT2D eigenvalue weighted by molar-refractivity contribution is -0.137. The van der Waals surface area contributed by atoms with Crippen molar-refractivity contribution in [2.24, 2.45) is 0 Å². The molecule has 2 N–H and O–H groups in total. The Balaban J connectivity index is 2.26. The van der Waals surface area contributed by atoms with Gasteiger partial charge < -0.3 is 10.1 Å². The summed E-state index contributed by atoms with van der Waals surface area (Å²) in [7, 11) is 0. The summed E-state index contributed by atoms with van der Waals surface area (Å²) in [6, 6.07) is 5.14. The van der Waals surface area contributed by atoms with Gasteiger partial charge in [0.2, 0.25) is 0 Å². The van der Waals surface area contributed by atoms with Gasteiger partial charge in [-0.2, -0.15) is 13.2 Å². The molecule has 0 aliphatic heterocycles. The minimum Gasteiger partial charge on any atom is -0.444 e. The first-order valence-electron chi connectivity index (χ1n) is 8.24. The fourth-order valence-electron chi connectivity index (χ4n) is 2.20. The zero-order chi connectivity index (χ0) is 22.0. The van der Waals surface area contributed by atoms with Crippen molar-refractivity contribution in [3.05, 3.63) is 59.2 Å². The van der Waals surface area contributed by atoms with Crippen molar-refractivity contribution in [3.63, 3.8) is 0 Å². The molecule has 2 aromatic rings. The maximum absolute atomic E-state index is 14.6. The number of amides is 2. The van der Waals surface area contributed by atoms with Gasteiger partial charge in [0.1, 0.15) is 17.1 Å². The quantitative estimate of drug-likeness (QED) is 0.642. The van der Waals surface area contributed by atoms with Crippen LogP contribution in [0.15, 0.2) is 36.4 Å². The van der Waals surface area contributed by atoms with E-state index in [0.29, 0.717) is 6.07 Å². The van der Waals surface area contributed by atoms with E-state index in [-0.39, 0.29) is 5.56 Å². The number of carbonyl (C=O) groups excluding carboxylic acids is 2. The molecule has 0 aliphatic carbocycles. The number of hydrogen-bond acceptors (Lipinski definition) is 3. The average Bonchev–Trinajstić information content (AvgIpc) is 2.59. The largest absolute Gasteiger partial charge is 0.444 e. The Morgan fingerprint density at radius 2 is 1.62 bits per heavy atom. The van der Waals surface area contributed by atoms with Crippen molar-refractivity contribution in [2.75, 3.05) is 10.6 Å². The molecule has 0 radical (unpaired) electrons. The molecule has 0 aliphatic rings. The topological polar surface area (TPSA) is 67.4 Å². The zero-order valence-corrected chi connectivity index (χ0v) is 15.6. The molecule has 0 saturated carbocycles. The number of benzene rings is 2. The van der Waals surface area contributed by atoms with Crippen molar-refractivity contribution in [2.45, 2.75) is 32.5 Å². The van der Waals surface area contributed by atoms with Crippen molar-refractivity contribution in [3.8, 4) is 0 Å². The second-order valence-corrected chi connectivity index (χ2v) is 6.94. The van der Waals surface area contributed by atoms with E-state index < -0.39 is 52.4 Å². The summed E-state index contributed by atoms with van der Waals surface area (Å²) in [5, 5.41) is 3.96. The second-order valence-electron chi connectivity index (χ2n) is 6.94. The molecule has 0 spiro atoms. The van der Waals surface area contributed by atoms with Crippen LogP contribution < -0.4 is 10.6 Å². The number of nitrogens with one attached hydrogen (secondary N) is 2. The summed E-state index contributed by atoms with van der Waals surface area (Å²) in [4.78, 5) is 24.0. The first-order chi connectivity index (χ1) is 13.3. The molecule has 29 heavy (non-hydrogen) atoms. The molecule has 0 heterocycles. The van der Waals surface area contributed by atoms with Gasteiger partial charge in [-0.3, -0.25) is 10.1 Å². The summed E-state index contributed by atoms with van der Waals surface area (Å²) in [6.45, 7) is 4.64. The van der Waals surface area contributed by atoms with Gasteiger partial charge in [-0.25, -0.2) is 13.6 Å². The molecule has 0 unspecified atom stereocenters. The van der Waals surface area contributed by atoms with Crippen LogP contribution in [0.5, 0.6) is 0 Å². The lowest BCUT2D eigenvalue weighted by atomic mass is 10.1. The minimum atomic E-state index is -4.66. The molecule has 0 bridgehead atoms. The predicted octanol–water partition coefficient (Wildman–Crippen LogP) is 5.58. The van der Waals surface area contributed by atoms with Crippen molar-refractivity contribution in [1.82, 2.24) is 0 Å². The second kappa shape index (κ2) is 8.06. The van der Waals surface area contributed by atoms with Gasteiger partial charge in [-0.05, 0) is 51.1 Å². The standard InChI is InChI=1S/C19H17F5N2O3/c1-18(2,3)29-17(28)26-15-12(20)7-8-13(14(15)21)25-16(27)10-5-4-6-11(9-10)19(22,23)24/h4-9H,1-3H3,(H,25,27)(H,26,28). The number of halogens is 5. The van der Waals surface area contributed by atoms with E-state index in [1.165, 1.54) is 0 Å². The Kier molecular flexibility index (Phi) is 6.15. The number of ether oxygens (including phenoxy) is 1. The van der Waals surface area contributed by atoms with Crippen LogP contribution in [0, 0.1) is 11.6 Å². The zero-order valence-electron chi connectivity index (χ0n) is 15.6. The van der Waals surface area contributed by atoms with Gasteiger partial charge >= 0.3 is 12.3 Å². The molecular weight excluding hydrogens is 399 g/mol. The van der Waals surface area contributed by atoms with Gasteiger partial charge in [0, 0.05) is 5.56 Å². The molecule has 5 nitrogen and oxygen atoms in total. The van der Waals surface area contributed by atoms with Crippen molar-refractivity contribution >= 4 is 23.4 Å². The van der Waals surface area contributed by atoms with Gasteiger partial charge in [-0.1, -0.05) is 6.07 Å². The van der Waals surface area contributed by atoms with Crippen LogP contribution >= 0.6 is 0 Å². The van der Waals surface area contributed by atoms with E-state index in [9.17, 15) is 31.5 Å². The van der Waals surface area contributed by atoms with Crippen LogP contribution in [0.3, 0.4) is 0 Å². The van der Waals surface area contributed by atoms with E-state index in [4.69, 9.17) is 4.74 Å². The van der Waals surface area contributed by atoms with Gasteiger partial charge in [0.25, 0.3) is 5.91 Å². The lowest BCUT2D eigenvalue weighted by Gasteiger charge is -2.20.